The predicted molar refractivity (Wildman–Crippen MR) is 72.7 cm³/mol. The molecule has 2 heteroatoms. The Morgan fingerprint density at radius 2 is 2.29 bits per heavy atom. The minimum Gasteiger partial charge on any atom is -0.310 e. The van der Waals surface area contributed by atoms with E-state index < -0.39 is 0 Å². The average molecular weight is 230 g/mol. The molecule has 1 rings (SSSR count). The van der Waals surface area contributed by atoms with E-state index >= 15 is 0 Å². The Morgan fingerprint density at radius 1 is 1.47 bits per heavy atom. The minimum atomic E-state index is 0.409. The van der Waals surface area contributed by atoms with Crippen LogP contribution in [-0.2, 0) is 6.42 Å². The van der Waals surface area contributed by atoms with Crippen LogP contribution in [0.4, 0.5) is 0 Å². The van der Waals surface area contributed by atoms with Crippen molar-refractivity contribution in [3.05, 3.63) is 29.6 Å². The van der Waals surface area contributed by atoms with Crippen molar-refractivity contribution in [1.82, 2.24) is 10.3 Å². The van der Waals surface area contributed by atoms with Crippen molar-refractivity contribution in [2.45, 2.75) is 45.6 Å². The van der Waals surface area contributed by atoms with Gasteiger partial charge in [-0.2, -0.15) is 0 Å². The highest BCUT2D eigenvalue weighted by atomic mass is 14.9. The minimum absolute atomic E-state index is 0.409. The van der Waals surface area contributed by atoms with Crippen molar-refractivity contribution >= 4 is 0 Å². The second-order valence-electron chi connectivity index (χ2n) is 4.13. The van der Waals surface area contributed by atoms with Crippen LogP contribution in [0.5, 0.6) is 0 Å². The Kier molecular flexibility index (Phi) is 6.35. The van der Waals surface area contributed by atoms with E-state index in [2.05, 4.69) is 36.1 Å². The van der Waals surface area contributed by atoms with E-state index in [0.717, 1.165) is 32.2 Å². The van der Waals surface area contributed by atoms with Gasteiger partial charge in [0.1, 0.15) is 0 Å². The summed E-state index contributed by atoms with van der Waals surface area (Å²) >= 11 is 0. The molecule has 1 atom stereocenters. The Labute approximate surface area is 105 Å². The molecule has 92 valence electrons. The number of aromatic nitrogens is 1. The number of unbranched alkanes of at least 4 members (excludes halogenated alkanes) is 1. The first kappa shape index (κ1) is 13.7. The SMILES string of the molecule is C#CCCCC(NCC)c1ccncc1CC. The number of pyridine rings is 1. The van der Waals surface area contributed by atoms with Crippen LogP contribution in [-0.4, -0.2) is 11.5 Å². The third kappa shape index (κ3) is 4.20. The van der Waals surface area contributed by atoms with Gasteiger partial charge in [0, 0.05) is 24.9 Å². The Hall–Kier alpha value is -1.33. The van der Waals surface area contributed by atoms with Crippen molar-refractivity contribution in [2.75, 3.05) is 6.54 Å². The molecular weight excluding hydrogens is 208 g/mol. The molecule has 0 aliphatic carbocycles. The number of rotatable bonds is 7. The van der Waals surface area contributed by atoms with Crippen LogP contribution < -0.4 is 5.32 Å². The molecule has 0 fully saturated rings. The van der Waals surface area contributed by atoms with Crippen LogP contribution in [0.1, 0.15) is 50.3 Å². The summed E-state index contributed by atoms with van der Waals surface area (Å²) < 4.78 is 0. The summed E-state index contributed by atoms with van der Waals surface area (Å²) in [5.74, 6) is 2.71. The predicted octanol–water partition coefficient (Wildman–Crippen LogP) is 3.10. The van der Waals surface area contributed by atoms with Gasteiger partial charge in [-0.3, -0.25) is 4.98 Å². The summed E-state index contributed by atoms with van der Waals surface area (Å²) in [5, 5.41) is 3.54. The molecule has 0 saturated heterocycles. The van der Waals surface area contributed by atoms with Gasteiger partial charge in [-0.1, -0.05) is 13.8 Å². The summed E-state index contributed by atoms with van der Waals surface area (Å²) in [6.07, 6.45) is 13.2. The fraction of sp³-hybridized carbons (Fsp3) is 0.533. The van der Waals surface area contributed by atoms with Gasteiger partial charge >= 0.3 is 0 Å². The molecule has 17 heavy (non-hydrogen) atoms. The highest BCUT2D eigenvalue weighted by molar-refractivity contribution is 5.26. The van der Waals surface area contributed by atoms with Crippen molar-refractivity contribution < 1.29 is 0 Å². The molecule has 0 aliphatic rings. The van der Waals surface area contributed by atoms with Gasteiger partial charge in [0.25, 0.3) is 0 Å². The molecule has 0 radical (unpaired) electrons. The van der Waals surface area contributed by atoms with Gasteiger partial charge in [-0.05, 0) is 43.0 Å². The van der Waals surface area contributed by atoms with Crippen LogP contribution >= 0.6 is 0 Å². The van der Waals surface area contributed by atoms with Gasteiger partial charge < -0.3 is 5.32 Å². The van der Waals surface area contributed by atoms with Crippen LogP contribution in [0.25, 0.3) is 0 Å². The zero-order valence-corrected chi connectivity index (χ0v) is 10.9. The smallest absolute Gasteiger partial charge is 0.0324 e. The summed E-state index contributed by atoms with van der Waals surface area (Å²) in [5.41, 5.74) is 2.71. The van der Waals surface area contributed by atoms with Crippen LogP contribution in [0.3, 0.4) is 0 Å². The molecule has 1 heterocycles. The van der Waals surface area contributed by atoms with E-state index in [1.54, 1.807) is 0 Å². The van der Waals surface area contributed by atoms with Gasteiger partial charge in [-0.25, -0.2) is 0 Å². The molecule has 0 amide bonds. The van der Waals surface area contributed by atoms with Gasteiger partial charge in [-0.15, -0.1) is 12.3 Å². The Balaban J connectivity index is 2.77. The third-order valence-corrected chi connectivity index (χ3v) is 2.96. The lowest BCUT2D eigenvalue weighted by Crippen LogP contribution is -2.22. The quantitative estimate of drug-likeness (QED) is 0.575. The van der Waals surface area contributed by atoms with Gasteiger partial charge in [0.2, 0.25) is 0 Å². The molecule has 1 unspecified atom stereocenters. The number of terminal acetylenes is 1. The molecule has 0 aromatic carbocycles. The highest BCUT2D eigenvalue weighted by Gasteiger charge is 2.12. The van der Waals surface area contributed by atoms with E-state index in [-0.39, 0.29) is 0 Å². The van der Waals surface area contributed by atoms with Crippen molar-refractivity contribution in [1.29, 1.82) is 0 Å². The first-order valence-electron chi connectivity index (χ1n) is 6.43. The first-order chi connectivity index (χ1) is 8.33. The molecule has 2 nitrogen and oxygen atoms in total. The summed E-state index contributed by atoms with van der Waals surface area (Å²) in [6.45, 7) is 5.29. The number of hydrogen-bond donors (Lipinski definition) is 1. The molecule has 1 aromatic heterocycles. The van der Waals surface area contributed by atoms with E-state index in [0.29, 0.717) is 6.04 Å². The fourth-order valence-corrected chi connectivity index (χ4v) is 2.10. The van der Waals surface area contributed by atoms with E-state index in [4.69, 9.17) is 6.42 Å². The first-order valence-corrected chi connectivity index (χ1v) is 6.43. The zero-order chi connectivity index (χ0) is 12.5. The molecule has 1 aromatic rings. The van der Waals surface area contributed by atoms with Crippen LogP contribution in [0.2, 0.25) is 0 Å². The lowest BCUT2D eigenvalue weighted by atomic mass is 9.96. The van der Waals surface area contributed by atoms with Crippen molar-refractivity contribution in [3.8, 4) is 12.3 Å². The molecule has 0 bridgehead atoms. The Morgan fingerprint density at radius 3 is 2.94 bits per heavy atom. The topological polar surface area (TPSA) is 24.9 Å². The number of nitrogens with zero attached hydrogens (tertiary/aromatic N) is 1. The molecule has 1 N–H and O–H groups in total. The number of nitrogens with one attached hydrogen (secondary N) is 1. The lowest BCUT2D eigenvalue weighted by Gasteiger charge is -2.20. The summed E-state index contributed by atoms with van der Waals surface area (Å²) in [6, 6.07) is 2.54. The normalized spacial score (nSPS) is 12.1. The van der Waals surface area contributed by atoms with Crippen LogP contribution in [0, 0.1) is 12.3 Å². The highest BCUT2D eigenvalue weighted by Crippen LogP contribution is 2.22. The second kappa shape index (κ2) is 7.86. The Bertz CT molecular complexity index is 365. The van der Waals surface area contributed by atoms with Crippen molar-refractivity contribution in [3.63, 3.8) is 0 Å². The molecule has 0 saturated carbocycles. The third-order valence-electron chi connectivity index (χ3n) is 2.96. The zero-order valence-electron chi connectivity index (χ0n) is 10.9. The maximum atomic E-state index is 5.30. The largest absolute Gasteiger partial charge is 0.310 e. The van der Waals surface area contributed by atoms with E-state index in [1.165, 1.54) is 11.1 Å². The fourth-order valence-electron chi connectivity index (χ4n) is 2.10. The molecule has 0 spiro atoms. The van der Waals surface area contributed by atoms with Gasteiger partial charge in [0.05, 0.1) is 0 Å². The standard InChI is InChI=1S/C15H22N2/c1-4-7-8-9-15(17-6-3)14-10-11-16-12-13(14)5-2/h1,10-12,15,17H,5-9H2,2-3H3. The second-order valence-corrected chi connectivity index (χ2v) is 4.13. The van der Waals surface area contributed by atoms with Crippen molar-refractivity contribution in [2.24, 2.45) is 0 Å². The molecular formula is C15H22N2. The maximum absolute atomic E-state index is 5.30. The monoisotopic (exact) mass is 230 g/mol. The summed E-state index contributed by atoms with van der Waals surface area (Å²) in [4.78, 5) is 4.20. The molecule has 0 aliphatic heterocycles. The van der Waals surface area contributed by atoms with E-state index in [1.807, 2.05) is 12.4 Å². The van der Waals surface area contributed by atoms with Crippen LogP contribution in [0.15, 0.2) is 18.5 Å². The summed E-state index contributed by atoms with van der Waals surface area (Å²) in [7, 11) is 0. The van der Waals surface area contributed by atoms with Gasteiger partial charge in [0.15, 0.2) is 0 Å². The number of aryl methyl sites for hydroxylation is 1. The number of hydrogen-bond acceptors (Lipinski definition) is 2. The lowest BCUT2D eigenvalue weighted by molar-refractivity contribution is 0.498. The maximum Gasteiger partial charge on any atom is 0.0324 e. The van der Waals surface area contributed by atoms with E-state index in [9.17, 15) is 0 Å². The average Bonchev–Trinajstić information content (AvgIpc) is 2.38.